The molecule has 1 N–H and O–H groups in total. The van der Waals surface area contributed by atoms with Gasteiger partial charge in [0.1, 0.15) is 0 Å². The Morgan fingerprint density at radius 3 is 2.38 bits per heavy atom. The molecule has 0 aliphatic carbocycles. The number of hydrogen-bond acceptors (Lipinski definition) is 5. The number of hydrogen-bond donors (Lipinski definition) is 1. The van der Waals surface area contributed by atoms with E-state index in [9.17, 15) is 9.90 Å². The number of aromatic carboxylic acids is 1. The van der Waals surface area contributed by atoms with Gasteiger partial charge in [-0.3, -0.25) is 9.80 Å². The molecule has 0 atom stereocenters. The maximum Gasteiger partial charge on any atom is 0.336 e. The van der Waals surface area contributed by atoms with Crippen molar-refractivity contribution in [3.05, 3.63) is 65.7 Å². The molecule has 2 saturated heterocycles. The van der Waals surface area contributed by atoms with Gasteiger partial charge in [0.05, 0.1) is 30.0 Å². The van der Waals surface area contributed by atoms with E-state index in [2.05, 4.69) is 9.80 Å². The topological polar surface area (TPSA) is 65.9 Å². The highest BCUT2D eigenvalue weighted by Crippen LogP contribution is 2.32. The van der Waals surface area contributed by atoms with Gasteiger partial charge >= 0.3 is 5.97 Å². The van der Waals surface area contributed by atoms with E-state index in [1.54, 1.807) is 0 Å². The molecule has 1 aromatic heterocycles. The van der Waals surface area contributed by atoms with E-state index in [1.807, 2.05) is 54.6 Å². The van der Waals surface area contributed by atoms with E-state index < -0.39 is 5.97 Å². The van der Waals surface area contributed by atoms with Crippen molar-refractivity contribution in [2.45, 2.75) is 25.4 Å². The van der Waals surface area contributed by atoms with E-state index in [1.165, 1.54) is 0 Å². The van der Waals surface area contributed by atoms with Crippen LogP contribution in [-0.4, -0.2) is 71.3 Å². The van der Waals surface area contributed by atoms with Crippen LogP contribution in [0.4, 0.5) is 0 Å². The van der Waals surface area contributed by atoms with Gasteiger partial charge in [-0.2, -0.15) is 0 Å². The van der Waals surface area contributed by atoms with Crippen LogP contribution >= 0.6 is 0 Å². The van der Waals surface area contributed by atoms with Gasteiger partial charge in [0, 0.05) is 42.2 Å². The molecule has 0 amide bonds. The first-order valence-corrected chi connectivity index (χ1v) is 11.4. The second kappa shape index (κ2) is 9.36. The van der Waals surface area contributed by atoms with Crippen molar-refractivity contribution in [3.8, 4) is 11.3 Å². The van der Waals surface area contributed by atoms with E-state index in [-0.39, 0.29) is 0 Å². The van der Waals surface area contributed by atoms with Crippen LogP contribution in [0.1, 0.15) is 28.8 Å². The molecule has 3 aromatic rings. The number of carboxylic acids is 1. The normalized spacial score (nSPS) is 18.8. The van der Waals surface area contributed by atoms with Gasteiger partial charge in [-0.05, 0) is 32.0 Å². The summed E-state index contributed by atoms with van der Waals surface area (Å²) >= 11 is 0. The summed E-state index contributed by atoms with van der Waals surface area (Å²) in [6.45, 7) is 6.20. The van der Waals surface area contributed by atoms with Crippen LogP contribution in [0.25, 0.3) is 22.2 Å². The Morgan fingerprint density at radius 1 is 0.969 bits per heavy atom. The molecule has 6 heteroatoms. The molecule has 2 aromatic carbocycles. The molecular formula is C26H29N3O3. The van der Waals surface area contributed by atoms with Crippen molar-refractivity contribution in [2.24, 2.45) is 0 Å². The number of piperidine rings is 1. The Kier molecular flexibility index (Phi) is 6.17. The zero-order valence-electron chi connectivity index (χ0n) is 18.2. The highest BCUT2D eigenvalue weighted by Gasteiger charge is 2.28. The lowest BCUT2D eigenvalue weighted by Crippen LogP contribution is -2.48. The number of morpholine rings is 1. The second-order valence-electron chi connectivity index (χ2n) is 8.66. The summed E-state index contributed by atoms with van der Waals surface area (Å²) in [4.78, 5) is 22.3. The Morgan fingerprint density at radius 2 is 1.66 bits per heavy atom. The summed E-state index contributed by atoms with van der Waals surface area (Å²) in [7, 11) is 0. The fourth-order valence-electron chi connectivity index (χ4n) is 5.09. The van der Waals surface area contributed by atoms with Gasteiger partial charge in [0.15, 0.2) is 0 Å². The average molecular weight is 432 g/mol. The standard InChI is InChI=1S/C26H29N3O3/c30-26(31)24-21-8-4-5-9-23(21)27-25(19-6-2-1-3-7-19)22(24)18-28-12-10-20(11-13-28)29-14-16-32-17-15-29/h1-9,20H,10-18H2,(H,30,31). The minimum Gasteiger partial charge on any atom is -0.478 e. The number of pyridine rings is 1. The number of rotatable bonds is 5. The van der Waals surface area contributed by atoms with E-state index in [0.29, 0.717) is 23.5 Å². The van der Waals surface area contributed by atoms with Crippen LogP contribution in [0.15, 0.2) is 54.6 Å². The van der Waals surface area contributed by atoms with E-state index >= 15 is 0 Å². The molecule has 6 nitrogen and oxygen atoms in total. The zero-order chi connectivity index (χ0) is 21.9. The molecule has 2 aliphatic rings. The number of carbonyl (C=O) groups is 1. The molecule has 2 aliphatic heterocycles. The number of ether oxygens (including phenoxy) is 1. The maximum absolute atomic E-state index is 12.5. The lowest BCUT2D eigenvalue weighted by molar-refractivity contribution is 0.000217. The molecule has 0 unspecified atom stereocenters. The molecule has 3 heterocycles. The number of benzene rings is 2. The lowest BCUT2D eigenvalue weighted by atomic mass is 9.95. The molecular weight excluding hydrogens is 402 g/mol. The first-order chi connectivity index (χ1) is 15.7. The fourth-order valence-corrected chi connectivity index (χ4v) is 5.09. The Balaban J connectivity index is 1.47. The van der Waals surface area contributed by atoms with Gasteiger partial charge < -0.3 is 9.84 Å². The van der Waals surface area contributed by atoms with Gasteiger partial charge in [0.25, 0.3) is 0 Å². The van der Waals surface area contributed by atoms with Crippen LogP contribution in [0.5, 0.6) is 0 Å². The van der Waals surface area contributed by atoms with Gasteiger partial charge in [-0.1, -0.05) is 48.5 Å². The van der Waals surface area contributed by atoms with Crippen molar-refractivity contribution in [2.75, 3.05) is 39.4 Å². The highest BCUT2D eigenvalue weighted by atomic mass is 16.5. The SMILES string of the molecule is O=C(O)c1c(CN2CCC(N3CCOCC3)CC2)c(-c2ccccc2)nc2ccccc12. The maximum atomic E-state index is 12.5. The number of likely N-dealkylation sites (tertiary alicyclic amines) is 1. The Hall–Kier alpha value is -2.80. The van der Waals surface area contributed by atoms with Crippen molar-refractivity contribution in [3.63, 3.8) is 0 Å². The molecule has 32 heavy (non-hydrogen) atoms. The summed E-state index contributed by atoms with van der Waals surface area (Å²) in [5.74, 6) is -0.890. The third-order valence-corrected chi connectivity index (χ3v) is 6.76. The number of aromatic nitrogens is 1. The molecule has 0 bridgehead atoms. The first-order valence-electron chi connectivity index (χ1n) is 11.4. The van der Waals surface area contributed by atoms with Gasteiger partial charge in [0.2, 0.25) is 0 Å². The number of nitrogens with zero attached hydrogens (tertiary/aromatic N) is 3. The number of para-hydroxylation sites is 1. The van der Waals surface area contributed by atoms with Crippen molar-refractivity contribution >= 4 is 16.9 Å². The quantitative estimate of drug-likeness (QED) is 0.661. The fraction of sp³-hybridized carbons (Fsp3) is 0.385. The second-order valence-corrected chi connectivity index (χ2v) is 8.66. The monoisotopic (exact) mass is 431 g/mol. The molecule has 2 fully saturated rings. The van der Waals surface area contributed by atoms with E-state index in [0.717, 1.165) is 74.6 Å². The summed E-state index contributed by atoms with van der Waals surface area (Å²) in [5, 5.41) is 10.9. The van der Waals surface area contributed by atoms with Crippen molar-refractivity contribution in [1.29, 1.82) is 0 Å². The minimum atomic E-state index is -0.890. The smallest absolute Gasteiger partial charge is 0.336 e. The van der Waals surface area contributed by atoms with Crippen LogP contribution in [0.2, 0.25) is 0 Å². The summed E-state index contributed by atoms with van der Waals surface area (Å²) in [6, 6.07) is 18.1. The van der Waals surface area contributed by atoms with Crippen LogP contribution < -0.4 is 0 Å². The summed E-state index contributed by atoms with van der Waals surface area (Å²) < 4.78 is 5.50. The van der Waals surface area contributed by atoms with E-state index in [4.69, 9.17) is 9.72 Å². The molecule has 0 radical (unpaired) electrons. The molecule has 5 rings (SSSR count). The number of carboxylic acid groups (broad SMARTS) is 1. The molecule has 0 saturated carbocycles. The van der Waals surface area contributed by atoms with Crippen molar-refractivity contribution < 1.29 is 14.6 Å². The summed E-state index contributed by atoms with van der Waals surface area (Å²) in [5.41, 5.74) is 3.64. The predicted octanol–water partition coefficient (Wildman–Crippen LogP) is 3.90. The van der Waals surface area contributed by atoms with Crippen molar-refractivity contribution in [1.82, 2.24) is 14.8 Å². The minimum absolute atomic E-state index is 0.379. The number of fused-ring (bicyclic) bond motifs is 1. The summed E-state index contributed by atoms with van der Waals surface area (Å²) in [6.07, 6.45) is 2.20. The lowest BCUT2D eigenvalue weighted by Gasteiger charge is -2.40. The largest absolute Gasteiger partial charge is 0.478 e. The predicted molar refractivity (Wildman–Crippen MR) is 125 cm³/mol. The highest BCUT2D eigenvalue weighted by molar-refractivity contribution is 6.05. The third kappa shape index (κ3) is 4.26. The molecule has 0 spiro atoms. The zero-order valence-corrected chi connectivity index (χ0v) is 18.2. The third-order valence-electron chi connectivity index (χ3n) is 6.76. The van der Waals surface area contributed by atoms with Gasteiger partial charge in [-0.25, -0.2) is 9.78 Å². The van der Waals surface area contributed by atoms with Gasteiger partial charge in [-0.15, -0.1) is 0 Å². The Bertz CT molecular complexity index is 1090. The molecule has 166 valence electrons. The first kappa shape index (κ1) is 21.1. The van der Waals surface area contributed by atoms with Crippen LogP contribution in [0.3, 0.4) is 0 Å². The van der Waals surface area contributed by atoms with Crippen LogP contribution in [0, 0.1) is 0 Å². The average Bonchev–Trinajstić information content (AvgIpc) is 2.85. The Labute approximate surface area is 188 Å². The van der Waals surface area contributed by atoms with Crippen LogP contribution in [-0.2, 0) is 11.3 Å².